The maximum atomic E-state index is 11.4. The standard InChI is InChI=1S/C14H13N3O2/c15-8-7-12-3-5-13(6-4-12)19-11-10-17-14(18)2-1-9-16-17/h1-6,9H,7,10-11H2. The average Bonchev–Trinajstić information content (AvgIpc) is 2.43. The van der Waals surface area contributed by atoms with Gasteiger partial charge in [-0.2, -0.15) is 10.4 Å². The van der Waals surface area contributed by atoms with E-state index in [2.05, 4.69) is 11.2 Å². The van der Waals surface area contributed by atoms with Gasteiger partial charge in [0.15, 0.2) is 0 Å². The van der Waals surface area contributed by atoms with Crippen LogP contribution in [0.2, 0.25) is 0 Å². The number of nitriles is 1. The lowest BCUT2D eigenvalue weighted by molar-refractivity contribution is 0.287. The van der Waals surface area contributed by atoms with Crippen LogP contribution in [0.25, 0.3) is 0 Å². The Balaban J connectivity index is 1.88. The Labute approximate surface area is 110 Å². The largest absolute Gasteiger partial charge is 0.492 e. The van der Waals surface area contributed by atoms with E-state index >= 15 is 0 Å². The predicted octanol–water partition coefficient (Wildman–Crippen LogP) is 1.39. The monoisotopic (exact) mass is 255 g/mol. The van der Waals surface area contributed by atoms with Gasteiger partial charge in [0.25, 0.3) is 5.56 Å². The lowest BCUT2D eigenvalue weighted by Gasteiger charge is -2.07. The number of hydrogen-bond donors (Lipinski definition) is 0. The van der Waals surface area contributed by atoms with Gasteiger partial charge < -0.3 is 4.74 Å². The molecule has 0 radical (unpaired) electrons. The first-order chi connectivity index (χ1) is 9.29. The molecule has 1 heterocycles. The van der Waals surface area contributed by atoms with Crippen molar-refractivity contribution in [2.75, 3.05) is 6.61 Å². The molecule has 1 aromatic heterocycles. The highest BCUT2D eigenvalue weighted by Gasteiger charge is 1.98. The molecule has 0 fully saturated rings. The topological polar surface area (TPSA) is 67.9 Å². The summed E-state index contributed by atoms with van der Waals surface area (Å²) in [5, 5.41) is 12.5. The number of ether oxygens (including phenoxy) is 1. The van der Waals surface area contributed by atoms with Crippen LogP contribution in [0, 0.1) is 11.3 Å². The summed E-state index contributed by atoms with van der Waals surface area (Å²) < 4.78 is 6.87. The number of benzene rings is 1. The Morgan fingerprint density at radius 2 is 2.05 bits per heavy atom. The van der Waals surface area contributed by atoms with Crippen molar-refractivity contribution in [1.82, 2.24) is 9.78 Å². The van der Waals surface area contributed by atoms with Crippen LogP contribution in [0.3, 0.4) is 0 Å². The summed E-state index contributed by atoms with van der Waals surface area (Å²) in [5.74, 6) is 0.714. The predicted molar refractivity (Wildman–Crippen MR) is 69.8 cm³/mol. The normalized spacial score (nSPS) is 9.84. The van der Waals surface area contributed by atoms with Crippen LogP contribution in [0.4, 0.5) is 0 Å². The van der Waals surface area contributed by atoms with Crippen molar-refractivity contribution in [2.24, 2.45) is 0 Å². The molecule has 1 aromatic carbocycles. The van der Waals surface area contributed by atoms with Crippen molar-refractivity contribution in [3.8, 4) is 11.8 Å². The fourth-order valence-corrected chi connectivity index (χ4v) is 1.60. The molecular weight excluding hydrogens is 242 g/mol. The molecule has 0 N–H and O–H groups in total. The number of nitrogens with zero attached hydrogens (tertiary/aromatic N) is 3. The van der Waals surface area contributed by atoms with Gasteiger partial charge in [0.05, 0.1) is 19.0 Å². The van der Waals surface area contributed by atoms with E-state index < -0.39 is 0 Å². The molecule has 0 aliphatic carbocycles. The number of hydrogen-bond acceptors (Lipinski definition) is 4. The van der Waals surface area contributed by atoms with Crippen molar-refractivity contribution in [3.05, 3.63) is 58.5 Å². The Morgan fingerprint density at radius 1 is 1.26 bits per heavy atom. The van der Waals surface area contributed by atoms with E-state index in [1.165, 1.54) is 10.7 Å². The minimum atomic E-state index is -0.143. The van der Waals surface area contributed by atoms with Gasteiger partial charge in [-0.15, -0.1) is 0 Å². The maximum Gasteiger partial charge on any atom is 0.266 e. The quantitative estimate of drug-likeness (QED) is 0.809. The zero-order valence-corrected chi connectivity index (χ0v) is 10.3. The highest BCUT2D eigenvalue weighted by atomic mass is 16.5. The molecule has 2 rings (SSSR count). The fraction of sp³-hybridized carbons (Fsp3) is 0.214. The van der Waals surface area contributed by atoms with Crippen molar-refractivity contribution < 1.29 is 4.74 Å². The minimum Gasteiger partial charge on any atom is -0.492 e. The van der Waals surface area contributed by atoms with Gasteiger partial charge in [-0.1, -0.05) is 12.1 Å². The van der Waals surface area contributed by atoms with Gasteiger partial charge in [0.2, 0.25) is 0 Å². The van der Waals surface area contributed by atoms with Crippen molar-refractivity contribution >= 4 is 0 Å². The molecule has 0 bridgehead atoms. The highest BCUT2D eigenvalue weighted by molar-refractivity contribution is 5.28. The molecule has 19 heavy (non-hydrogen) atoms. The average molecular weight is 255 g/mol. The van der Waals surface area contributed by atoms with Crippen LogP contribution < -0.4 is 10.3 Å². The summed E-state index contributed by atoms with van der Waals surface area (Å²) in [5.41, 5.74) is 0.811. The molecule has 0 saturated heterocycles. The van der Waals surface area contributed by atoms with Gasteiger partial charge in [0.1, 0.15) is 12.4 Å². The molecule has 0 aliphatic rings. The number of rotatable bonds is 5. The van der Waals surface area contributed by atoms with Crippen LogP contribution in [-0.2, 0) is 13.0 Å². The highest BCUT2D eigenvalue weighted by Crippen LogP contribution is 2.12. The van der Waals surface area contributed by atoms with E-state index in [0.717, 1.165) is 5.56 Å². The number of aromatic nitrogens is 2. The first-order valence-electron chi connectivity index (χ1n) is 5.90. The molecule has 5 nitrogen and oxygen atoms in total. The minimum absolute atomic E-state index is 0.143. The second-order valence-electron chi connectivity index (χ2n) is 3.91. The molecular formula is C14H13N3O2. The first kappa shape index (κ1) is 12.8. The summed E-state index contributed by atoms with van der Waals surface area (Å²) in [6, 6.07) is 12.5. The van der Waals surface area contributed by atoms with Crippen LogP contribution in [0.15, 0.2) is 47.4 Å². The maximum absolute atomic E-state index is 11.4. The molecule has 5 heteroatoms. The van der Waals surface area contributed by atoms with Gasteiger partial charge in [-0.25, -0.2) is 4.68 Å². The summed E-state index contributed by atoms with van der Waals surface area (Å²) in [6.07, 6.45) is 1.96. The fourth-order valence-electron chi connectivity index (χ4n) is 1.60. The van der Waals surface area contributed by atoms with E-state index in [1.54, 1.807) is 12.3 Å². The molecule has 0 spiro atoms. The lowest BCUT2D eigenvalue weighted by atomic mass is 10.2. The van der Waals surface area contributed by atoms with E-state index in [9.17, 15) is 4.79 Å². The third kappa shape index (κ3) is 3.68. The van der Waals surface area contributed by atoms with E-state index in [4.69, 9.17) is 10.00 Å². The summed E-state index contributed by atoms with van der Waals surface area (Å²) >= 11 is 0. The summed E-state index contributed by atoms with van der Waals surface area (Å²) in [7, 11) is 0. The van der Waals surface area contributed by atoms with Gasteiger partial charge >= 0.3 is 0 Å². The third-order valence-corrected chi connectivity index (χ3v) is 2.56. The summed E-state index contributed by atoms with van der Waals surface area (Å²) in [6.45, 7) is 0.772. The zero-order chi connectivity index (χ0) is 13.5. The second-order valence-corrected chi connectivity index (χ2v) is 3.91. The van der Waals surface area contributed by atoms with Gasteiger partial charge in [0, 0.05) is 12.3 Å². The Bertz CT molecular complexity index is 626. The van der Waals surface area contributed by atoms with Gasteiger partial charge in [-0.3, -0.25) is 4.79 Å². The van der Waals surface area contributed by atoms with Crippen LogP contribution >= 0.6 is 0 Å². The molecule has 0 aliphatic heterocycles. The van der Waals surface area contributed by atoms with Crippen LogP contribution in [-0.4, -0.2) is 16.4 Å². The lowest BCUT2D eigenvalue weighted by Crippen LogP contribution is -2.24. The van der Waals surface area contributed by atoms with Crippen LogP contribution in [0.1, 0.15) is 5.56 Å². The Morgan fingerprint density at radius 3 is 2.74 bits per heavy atom. The zero-order valence-electron chi connectivity index (χ0n) is 10.3. The SMILES string of the molecule is N#CCc1ccc(OCCn2ncccc2=O)cc1. The van der Waals surface area contributed by atoms with Crippen molar-refractivity contribution in [3.63, 3.8) is 0 Å². The molecule has 0 atom stereocenters. The van der Waals surface area contributed by atoms with Crippen molar-refractivity contribution in [2.45, 2.75) is 13.0 Å². The third-order valence-electron chi connectivity index (χ3n) is 2.56. The van der Waals surface area contributed by atoms with E-state index in [-0.39, 0.29) is 5.56 Å². The first-order valence-corrected chi connectivity index (χ1v) is 5.90. The Hall–Kier alpha value is -2.61. The van der Waals surface area contributed by atoms with Crippen LogP contribution in [0.5, 0.6) is 5.75 Å². The second kappa shape index (κ2) is 6.36. The summed E-state index contributed by atoms with van der Waals surface area (Å²) in [4.78, 5) is 11.4. The molecule has 0 saturated carbocycles. The smallest absolute Gasteiger partial charge is 0.266 e. The van der Waals surface area contributed by atoms with E-state index in [1.807, 2.05) is 24.3 Å². The Kier molecular flexibility index (Phi) is 4.29. The molecule has 96 valence electrons. The molecule has 0 unspecified atom stereocenters. The van der Waals surface area contributed by atoms with E-state index in [0.29, 0.717) is 25.3 Å². The van der Waals surface area contributed by atoms with Gasteiger partial charge in [-0.05, 0) is 23.8 Å². The molecule has 0 amide bonds. The molecule has 2 aromatic rings. The van der Waals surface area contributed by atoms with Crippen molar-refractivity contribution in [1.29, 1.82) is 5.26 Å².